The Balaban J connectivity index is 1.20. The largest absolute Gasteiger partial charge is 0.504 e. The molecule has 63 heavy (non-hydrogen) atoms. The predicted octanol–water partition coefficient (Wildman–Crippen LogP) is 5.97. The first-order valence-electron chi connectivity index (χ1n) is 22.0. The van der Waals surface area contributed by atoms with E-state index in [-0.39, 0.29) is 37.3 Å². The highest BCUT2D eigenvalue weighted by Crippen LogP contribution is 2.64. The van der Waals surface area contributed by atoms with Gasteiger partial charge in [0.05, 0.1) is 37.6 Å². The number of methoxy groups -OCH3 is 2. The average Bonchev–Trinajstić information content (AvgIpc) is 3.75. The molecule has 0 saturated carbocycles. The molecule has 1 unspecified atom stereocenters. The van der Waals surface area contributed by atoms with Crippen LogP contribution in [0.25, 0.3) is 0 Å². The number of esters is 3. The number of aryl methyl sites for hydroxylation is 1. The third-order valence-electron chi connectivity index (χ3n) is 14.0. The van der Waals surface area contributed by atoms with Crippen molar-refractivity contribution in [2.45, 2.75) is 120 Å². The molecule has 16 heteroatoms. The molecule has 3 aromatic carbocycles. The minimum Gasteiger partial charge on any atom is -0.504 e. The molecule has 7 heterocycles. The van der Waals surface area contributed by atoms with Crippen LogP contribution in [-0.2, 0) is 37.5 Å². The molecule has 0 aromatic heterocycles. The average molecular weight is 888 g/mol. The van der Waals surface area contributed by atoms with Gasteiger partial charge in [0.2, 0.25) is 6.79 Å². The Morgan fingerprint density at radius 2 is 1.73 bits per heavy atom. The van der Waals surface area contributed by atoms with E-state index in [1.54, 1.807) is 12.1 Å². The van der Waals surface area contributed by atoms with Gasteiger partial charge >= 0.3 is 17.9 Å². The maximum absolute atomic E-state index is 15.0. The molecule has 4 bridgehead atoms. The molecule has 15 nitrogen and oxygen atoms in total. The van der Waals surface area contributed by atoms with Crippen molar-refractivity contribution in [1.82, 2.24) is 15.1 Å². The van der Waals surface area contributed by atoms with E-state index in [1.807, 2.05) is 31.9 Å². The lowest BCUT2D eigenvalue weighted by Crippen LogP contribution is -2.70. The van der Waals surface area contributed by atoms with Gasteiger partial charge in [-0.2, -0.15) is 0 Å². The normalized spacial score (nSPS) is 26.8. The summed E-state index contributed by atoms with van der Waals surface area (Å²) in [6, 6.07) is 3.29. The maximum Gasteiger partial charge on any atom is 0.331 e. The summed E-state index contributed by atoms with van der Waals surface area (Å²) < 4.78 is 42.5. The first-order valence-corrected chi connectivity index (χ1v) is 23.1. The highest BCUT2D eigenvalue weighted by atomic mass is 32.2. The Morgan fingerprint density at radius 1 is 0.952 bits per heavy atom. The van der Waals surface area contributed by atoms with Gasteiger partial charge in [-0.3, -0.25) is 24.7 Å². The standard InChI is InChI=1S/C47H57N3O12S/c1-8-9-10-11-12-13-33(52)62-32-18-26-14-15-48-47(28(26)19-31(32)56-6)21-63-44-36-35(43-42(59-22-60-43)24(3)41(36)61-25(4)51)30(20-58-46(47)55)50-38(44)37-34-27(17-29(45(50)54)49(37)5)16-23(2)40(57-7)39(34)53/h16,18-19,29-30,37-38,44-45,48,53-54H,8-15,17,20-22H2,1-7H3/t29-,30-,37+,38?,44+,45-,47+/m0/s1. The molecule has 10 rings (SSSR count). The fourth-order valence-electron chi connectivity index (χ4n) is 11.1. The molecular weight excluding hydrogens is 831 g/mol. The van der Waals surface area contributed by atoms with E-state index in [1.165, 1.54) is 32.9 Å². The van der Waals surface area contributed by atoms with E-state index >= 15 is 4.79 Å². The quantitative estimate of drug-likeness (QED) is 0.123. The zero-order valence-electron chi connectivity index (χ0n) is 37.0. The van der Waals surface area contributed by atoms with Gasteiger partial charge in [0, 0.05) is 53.9 Å². The molecule has 2 saturated heterocycles. The molecule has 2 fully saturated rings. The van der Waals surface area contributed by atoms with Crippen LogP contribution in [0.2, 0.25) is 0 Å². The number of thioether (sulfide) groups is 1. The highest BCUT2D eigenvalue weighted by Gasteiger charge is 2.61. The van der Waals surface area contributed by atoms with E-state index in [0.717, 1.165) is 48.8 Å². The van der Waals surface area contributed by atoms with Crippen LogP contribution in [0.15, 0.2) is 18.2 Å². The summed E-state index contributed by atoms with van der Waals surface area (Å²) in [4.78, 5) is 45.3. The van der Waals surface area contributed by atoms with Crippen LogP contribution < -0.4 is 33.7 Å². The molecule has 0 amide bonds. The molecule has 3 N–H and O–H groups in total. The molecular formula is C47H57N3O12S. The van der Waals surface area contributed by atoms with Crippen LogP contribution in [0.4, 0.5) is 0 Å². The Kier molecular flexibility index (Phi) is 11.7. The van der Waals surface area contributed by atoms with Gasteiger partial charge in [-0.1, -0.05) is 38.7 Å². The number of nitrogens with one attached hydrogen (secondary N) is 1. The molecule has 3 aromatic rings. The smallest absolute Gasteiger partial charge is 0.331 e. The van der Waals surface area contributed by atoms with Crippen LogP contribution >= 0.6 is 11.8 Å². The lowest BCUT2D eigenvalue weighted by Gasteiger charge is -2.62. The van der Waals surface area contributed by atoms with E-state index in [0.29, 0.717) is 81.7 Å². The molecule has 7 atom stereocenters. The Morgan fingerprint density at radius 3 is 2.48 bits per heavy atom. The number of likely N-dealkylation sites (N-methyl/N-ethyl adjacent to an activating group) is 1. The highest BCUT2D eigenvalue weighted by molar-refractivity contribution is 7.99. The van der Waals surface area contributed by atoms with E-state index < -0.39 is 53.1 Å². The van der Waals surface area contributed by atoms with Gasteiger partial charge in [0.15, 0.2) is 40.0 Å². The van der Waals surface area contributed by atoms with Crippen molar-refractivity contribution in [2.24, 2.45) is 0 Å². The van der Waals surface area contributed by atoms with Crippen molar-refractivity contribution in [3.63, 3.8) is 0 Å². The minimum atomic E-state index is -1.41. The van der Waals surface area contributed by atoms with Crippen LogP contribution in [0.5, 0.6) is 40.2 Å². The monoisotopic (exact) mass is 887 g/mol. The van der Waals surface area contributed by atoms with Crippen molar-refractivity contribution < 1.29 is 57.8 Å². The van der Waals surface area contributed by atoms with Gasteiger partial charge in [0.25, 0.3) is 0 Å². The number of carbonyl (C=O) groups excluding carboxylic acids is 3. The zero-order chi connectivity index (χ0) is 44.5. The van der Waals surface area contributed by atoms with Crippen molar-refractivity contribution >= 4 is 29.7 Å². The van der Waals surface area contributed by atoms with Crippen molar-refractivity contribution in [3.05, 3.63) is 62.7 Å². The maximum atomic E-state index is 15.0. The number of fused-ring (bicyclic) bond motifs is 9. The third-order valence-corrected chi connectivity index (χ3v) is 15.4. The van der Waals surface area contributed by atoms with Crippen molar-refractivity contribution in [2.75, 3.05) is 47.0 Å². The van der Waals surface area contributed by atoms with Crippen molar-refractivity contribution in [3.8, 4) is 40.2 Å². The SMILES string of the molecule is CCCCCCCC(=O)Oc1cc2c(cc1OC)[C@@]1(CS[C@@H]3c4c(OC(C)=O)c(C)c5c(c4[C@H](COC1=O)N1C3[C@H]3c4c(cc(C)c(OC)c4O)C[C@@H]([C@@H]1O)N3C)OCO5)NCC2. The molecule has 338 valence electrons. The van der Waals surface area contributed by atoms with E-state index in [2.05, 4.69) is 17.1 Å². The van der Waals surface area contributed by atoms with Crippen LogP contribution in [0.3, 0.4) is 0 Å². The lowest BCUT2D eigenvalue weighted by molar-refractivity contribution is -0.186. The molecule has 0 radical (unpaired) electrons. The van der Waals surface area contributed by atoms with Crippen LogP contribution in [-0.4, -0.2) is 103 Å². The van der Waals surface area contributed by atoms with Crippen LogP contribution in [0.1, 0.15) is 114 Å². The third kappa shape index (κ3) is 6.98. The van der Waals surface area contributed by atoms with E-state index in [4.69, 9.17) is 33.2 Å². The number of nitrogens with zero attached hydrogens (tertiary/aromatic N) is 2. The number of aliphatic hydroxyl groups excluding tert-OH is 1. The number of piperazine rings is 1. The molecule has 7 aliphatic heterocycles. The number of benzene rings is 3. The zero-order valence-corrected chi connectivity index (χ0v) is 37.8. The number of hydrogen-bond acceptors (Lipinski definition) is 16. The predicted molar refractivity (Wildman–Crippen MR) is 232 cm³/mol. The number of aromatic hydroxyl groups is 1. The summed E-state index contributed by atoms with van der Waals surface area (Å²) in [5.41, 5.74) is 4.29. The van der Waals surface area contributed by atoms with E-state index in [9.17, 15) is 19.8 Å². The summed E-state index contributed by atoms with van der Waals surface area (Å²) in [5, 5.41) is 27.7. The second-order valence-electron chi connectivity index (χ2n) is 17.5. The number of rotatable bonds is 10. The molecule has 0 aliphatic carbocycles. The fourth-order valence-corrected chi connectivity index (χ4v) is 12.8. The number of ether oxygens (including phenoxy) is 7. The molecule has 1 spiro atoms. The molecule has 7 aliphatic rings. The Bertz CT molecular complexity index is 2360. The number of phenolic OH excluding ortho intramolecular Hbond substituents is 1. The summed E-state index contributed by atoms with van der Waals surface area (Å²) in [6.45, 7) is 7.37. The lowest BCUT2D eigenvalue weighted by atomic mass is 9.73. The number of hydrogen-bond donors (Lipinski definition) is 3. The Labute approximate surface area is 371 Å². The first kappa shape index (κ1) is 43.5. The second kappa shape index (κ2) is 17.0. The van der Waals surface area contributed by atoms with Gasteiger partial charge in [-0.25, -0.2) is 4.79 Å². The van der Waals surface area contributed by atoms with Crippen molar-refractivity contribution in [1.29, 1.82) is 0 Å². The summed E-state index contributed by atoms with van der Waals surface area (Å²) in [6.07, 6.45) is 5.21. The number of aliphatic hydroxyl groups is 1. The first-order chi connectivity index (χ1) is 30.3. The number of phenols is 1. The summed E-state index contributed by atoms with van der Waals surface area (Å²) >= 11 is 1.47. The van der Waals surface area contributed by atoms with Gasteiger partial charge in [0.1, 0.15) is 18.6 Å². The number of carbonyl (C=O) groups is 3. The topological polar surface area (TPSA) is 175 Å². The summed E-state index contributed by atoms with van der Waals surface area (Å²) in [5.74, 6) is 0.939. The van der Waals surface area contributed by atoms with Gasteiger partial charge < -0.3 is 43.4 Å². The Hall–Kier alpha value is -4.74. The second-order valence-corrected chi connectivity index (χ2v) is 18.7. The minimum absolute atomic E-state index is 0.0327. The van der Waals surface area contributed by atoms with Gasteiger partial charge in [-0.15, -0.1) is 11.8 Å². The van der Waals surface area contributed by atoms with Crippen LogP contribution in [0, 0.1) is 13.8 Å². The summed E-state index contributed by atoms with van der Waals surface area (Å²) in [7, 11) is 5.01. The number of unbranched alkanes of at least 4 members (excludes halogenated alkanes) is 4. The fraction of sp³-hybridized carbons (Fsp3) is 0.553. The van der Waals surface area contributed by atoms with Gasteiger partial charge in [-0.05, 0) is 74.5 Å².